The third kappa shape index (κ3) is 7.82. The fraction of sp³-hybridized carbons (Fsp3) is 0.615. The molecule has 0 radical (unpaired) electrons. The average molecular weight is 269 g/mol. The van der Waals surface area contributed by atoms with Gasteiger partial charge in [0.2, 0.25) is 5.91 Å². The van der Waals surface area contributed by atoms with Crippen LogP contribution in [0.5, 0.6) is 0 Å². The zero-order chi connectivity index (χ0) is 14.7. The van der Waals surface area contributed by atoms with Crippen LogP contribution < -0.4 is 5.32 Å². The Morgan fingerprint density at radius 3 is 2.42 bits per heavy atom. The minimum absolute atomic E-state index is 0.0272. The minimum atomic E-state index is -0.733. The van der Waals surface area contributed by atoms with Crippen LogP contribution in [0, 0.1) is 12.3 Å². The molecular weight excluding hydrogens is 250 g/mol. The number of carbonyl (C=O) groups excluding carboxylic acids is 3. The first-order chi connectivity index (χ1) is 9.04. The van der Waals surface area contributed by atoms with E-state index in [2.05, 4.69) is 20.7 Å². The van der Waals surface area contributed by atoms with Crippen LogP contribution in [0.25, 0.3) is 0 Å². The molecule has 0 aromatic rings. The van der Waals surface area contributed by atoms with E-state index in [-0.39, 0.29) is 12.8 Å². The van der Waals surface area contributed by atoms with Crippen molar-refractivity contribution in [1.29, 1.82) is 0 Å². The van der Waals surface area contributed by atoms with Crippen molar-refractivity contribution in [2.45, 2.75) is 38.1 Å². The van der Waals surface area contributed by atoms with Gasteiger partial charge in [0.25, 0.3) is 0 Å². The fourth-order valence-corrected chi connectivity index (χ4v) is 1.38. The SMILES string of the molecule is C#CCCC[C@H](NC(=O)CCC(=O)OC)C(=O)OC. The first-order valence-corrected chi connectivity index (χ1v) is 5.92. The van der Waals surface area contributed by atoms with E-state index in [4.69, 9.17) is 6.42 Å². The maximum Gasteiger partial charge on any atom is 0.328 e. The predicted molar refractivity (Wildman–Crippen MR) is 67.9 cm³/mol. The van der Waals surface area contributed by atoms with Crippen LogP contribution in [0.3, 0.4) is 0 Å². The summed E-state index contributed by atoms with van der Waals surface area (Å²) >= 11 is 0. The molecule has 0 saturated heterocycles. The van der Waals surface area contributed by atoms with Gasteiger partial charge in [-0.15, -0.1) is 12.3 Å². The molecule has 1 N–H and O–H groups in total. The van der Waals surface area contributed by atoms with Crippen LogP contribution in [-0.2, 0) is 23.9 Å². The Labute approximate surface area is 112 Å². The Bertz CT molecular complexity index is 359. The molecule has 0 aliphatic heterocycles. The molecule has 1 amide bonds. The van der Waals surface area contributed by atoms with Crippen molar-refractivity contribution >= 4 is 17.8 Å². The molecule has 0 fully saturated rings. The zero-order valence-electron chi connectivity index (χ0n) is 11.2. The Hall–Kier alpha value is -2.03. The van der Waals surface area contributed by atoms with Gasteiger partial charge in [-0.1, -0.05) is 0 Å². The van der Waals surface area contributed by atoms with Crippen LogP contribution in [0.4, 0.5) is 0 Å². The van der Waals surface area contributed by atoms with Gasteiger partial charge in [0.15, 0.2) is 0 Å². The van der Waals surface area contributed by atoms with Crippen LogP contribution >= 0.6 is 0 Å². The number of terminal acetylenes is 1. The zero-order valence-corrected chi connectivity index (χ0v) is 11.2. The average Bonchev–Trinajstić information content (AvgIpc) is 2.42. The third-order valence-electron chi connectivity index (χ3n) is 2.42. The van der Waals surface area contributed by atoms with Crippen LogP contribution in [0.15, 0.2) is 0 Å². The van der Waals surface area contributed by atoms with Gasteiger partial charge in [-0.2, -0.15) is 0 Å². The van der Waals surface area contributed by atoms with Crippen molar-refractivity contribution in [3.8, 4) is 12.3 Å². The molecular formula is C13H19NO5. The molecule has 0 heterocycles. The summed E-state index contributed by atoms with van der Waals surface area (Å²) in [6.45, 7) is 0. The number of nitrogens with one attached hydrogen (secondary N) is 1. The van der Waals surface area contributed by atoms with E-state index in [9.17, 15) is 14.4 Å². The van der Waals surface area contributed by atoms with Crippen molar-refractivity contribution in [3.63, 3.8) is 0 Å². The number of methoxy groups -OCH3 is 2. The summed E-state index contributed by atoms with van der Waals surface area (Å²) in [6.07, 6.45) is 6.58. The van der Waals surface area contributed by atoms with Gasteiger partial charge in [-0.05, 0) is 12.8 Å². The number of rotatable bonds is 8. The summed E-state index contributed by atoms with van der Waals surface area (Å²) < 4.78 is 9.01. The predicted octanol–water partition coefficient (Wildman–Crippen LogP) is 0.401. The van der Waals surface area contributed by atoms with Crippen molar-refractivity contribution in [3.05, 3.63) is 0 Å². The van der Waals surface area contributed by atoms with E-state index in [0.29, 0.717) is 19.3 Å². The van der Waals surface area contributed by atoms with Gasteiger partial charge in [-0.25, -0.2) is 4.79 Å². The van der Waals surface area contributed by atoms with Gasteiger partial charge >= 0.3 is 11.9 Å². The molecule has 6 heteroatoms. The normalized spacial score (nSPS) is 11.0. The molecule has 1 atom stereocenters. The Balaban J connectivity index is 4.23. The summed E-state index contributed by atoms with van der Waals surface area (Å²) in [5, 5.41) is 2.52. The number of ether oxygens (including phenoxy) is 2. The molecule has 0 aromatic heterocycles. The fourth-order valence-electron chi connectivity index (χ4n) is 1.38. The van der Waals surface area contributed by atoms with E-state index >= 15 is 0 Å². The summed E-state index contributed by atoms with van der Waals surface area (Å²) in [5.74, 6) is 1.05. The second kappa shape index (κ2) is 9.95. The van der Waals surface area contributed by atoms with Crippen molar-refractivity contribution < 1.29 is 23.9 Å². The summed E-state index contributed by atoms with van der Waals surface area (Å²) in [6, 6.07) is -0.733. The molecule has 0 rings (SSSR count). The first kappa shape index (κ1) is 17.0. The highest BCUT2D eigenvalue weighted by molar-refractivity contribution is 5.86. The lowest BCUT2D eigenvalue weighted by molar-refractivity contribution is -0.145. The number of esters is 2. The molecule has 19 heavy (non-hydrogen) atoms. The molecule has 106 valence electrons. The molecule has 0 aliphatic carbocycles. The van der Waals surface area contributed by atoms with Crippen LogP contribution in [-0.4, -0.2) is 38.1 Å². The second-order valence-corrected chi connectivity index (χ2v) is 3.82. The number of hydrogen-bond donors (Lipinski definition) is 1. The number of unbranched alkanes of at least 4 members (excludes halogenated alkanes) is 1. The smallest absolute Gasteiger partial charge is 0.328 e. The van der Waals surface area contributed by atoms with Crippen LogP contribution in [0.2, 0.25) is 0 Å². The molecule has 0 saturated carbocycles. The highest BCUT2D eigenvalue weighted by atomic mass is 16.5. The lowest BCUT2D eigenvalue weighted by atomic mass is 10.1. The lowest BCUT2D eigenvalue weighted by Gasteiger charge is -2.15. The Kier molecular flexibility index (Phi) is 8.88. The summed E-state index contributed by atoms with van der Waals surface area (Å²) in [5.41, 5.74) is 0. The molecule has 0 aromatic carbocycles. The molecule has 0 unspecified atom stereocenters. The number of carbonyl (C=O) groups is 3. The van der Waals surface area contributed by atoms with Crippen LogP contribution in [0.1, 0.15) is 32.1 Å². The van der Waals surface area contributed by atoms with E-state index in [1.807, 2.05) is 0 Å². The van der Waals surface area contributed by atoms with Gasteiger partial charge < -0.3 is 14.8 Å². The lowest BCUT2D eigenvalue weighted by Crippen LogP contribution is -2.41. The van der Waals surface area contributed by atoms with E-state index < -0.39 is 23.9 Å². The maximum absolute atomic E-state index is 11.6. The van der Waals surface area contributed by atoms with Gasteiger partial charge in [0.05, 0.1) is 20.6 Å². The number of amides is 1. The second-order valence-electron chi connectivity index (χ2n) is 3.82. The van der Waals surface area contributed by atoms with E-state index in [0.717, 1.165) is 0 Å². The largest absolute Gasteiger partial charge is 0.469 e. The Morgan fingerprint density at radius 1 is 1.21 bits per heavy atom. The first-order valence-electron chi connectivity index (χ1n) is 5.92. The summed E-state index contributed by atoms with van der Waals surface area (Å²) in [4.78, 5) is 33.9. The van der Waals surface area contributed by atoms with Gasteiger partial charge in [0.1, 0.15) is 6.04 Å². The minimum Gasteiger partial charge on any atom is -0.469 e. The van der Waals surface area contributed by atoms with E-state index in [1.54, 1.807) is 0 Å². The topological polar surface area (TPSA) is 81.7 Å². The van der Waals surface area contributed by atoms with Gasteiger partial charge in [-0.3, -0.25) is 9.59 Å². The maximum atomic E-state index is 11.6. The van der Waals surface area contributed by atoms with Gasteiger partial charge in [0, 0.05) is 12.8 Å². The van der Waals surface area contributed by atoms with Crippen molar-refractivity contribution in [2.24, 2.45) is 0 Å². The molecule has 0 bridgehead atoms. The van der Waals surface area contributed by atoms with Crippen molar-refractivity contribution in [2.75, 3.05) is 14.2 Å². The molecule has 6 nitrogen and oxygen atoms in total. The third-order valence-corrected chi connectivity index (χ3v) is 2.42. The standard InChI is InChI=1S/C13H19NO5/c1-4-5-6-7-10(13(17)19-3)14-11(15)8-9-12(16)18-2/h1,10H,5-9H2,2-3H3,(H,14,15)/t10-/m0/s1. The van der Waals surface area contributed by atoms with E-state index in [1.165, 1.54) is 14.2 Å². The number of hydrogen-bond acceptors (Lipinski definition) is 5. The highest BCUT2D eigenvalue weighted by Crippen LogP contribution is 2.03. The Morgan fingerprint density at radius 2 is 1.89 bits per heavy atom. The molecule has 0 spiro atoms. The summed E-state index contributed by atoms with van der Waals surface area (Å²) in [7, 11) is 2.49. The molecule has 0 aliphatic rings. The monoisotopic (exact) mass is 269 g/mol. The highest BCUT2D eigenvalue weighted by Gasteiger charge is 2.21. The quantitative estimate of drug-likeness (QED) is 0.392. The van der Waals surface area contributed by atoms with Crippen molar-refractivity contribution in [1.82, 2.24) is 5.32 Å².